The van der Waals surface area contributed by atoms with Gasteiger partial charge in [-0.2, -0.15) is 0 Å². The number of halogens is 1. The summed E-state index contributed by atoms with van der Waals surface area (Å²) >= 11 is 2.40. The minimum Gasteiger partial charge on any atom is -0.331 e. The molecule has 0 N–H and O–H groups in total. The molecule has 0 spiro atoms. The van der Waals surface area contributed by atoms with E-state index in [0.717, 1.165) is 6.54 Å². The molecule has 2 aromatic carbocycles. The molecule has 0 aliphatic rings. The second-order valence-electron chi connectivity index (χ2n) is 4.10. The number of nitrogens with zero attached hydrogens (tertiary/aromatic N) is 1. The van der Waals surface area contributed by atoms with Crippen LogP contribution >= 0.6 is 22.6 Å². The Labute approximate surface area is 114 Å². The third-order valence-corrected chi connectivity index (χ3v) is 3.84. The molecule has 0 saturated carbocycles. The van der Waals surface area contributed by atoms with Crippen LogP contribution in [-0.4, -0.2) is 4.57 Å². The lowest BCUT2D eigenvalue weighted by Gasteiger charge is -2.07. The molecule has 0 aliphatic carbocycles. The molecule has 3 aromatic rings. The predicted octanol–water partition coefficient (Wildman–Crippen LogP) is 4.29. The summed E-state index contributed by atoms with van der Waals surface area (Å²) in [5.74, 6) is 0. The number of aromatic nitrogens is 1. The topological polar surface area (TPSA) is 4.93 Å². The Morgan fingerprint density at radius 3 is 2.41 bits per heavy atom. The molecule has 0 aliphatic heterocycles. The first-order chi connectivity index (χ1) is 8.34. The van der Waals surface area contributed by atoms with E-state index in [1.807, 2.05) is 0 Å². The van der Waals surface area contributed by atoms with E-state index in [0.29, 0.717) is 0 Å². The molecule has 0 amide bonds. The van der Waals surface area contributed by atoms with Crippen molar-refractivity contribution in [2.24, 2.45) is 0 Å². The minimum atomic E-state index is 0.937. The normalized spacial score (nSPS) is 10.9. The van der Waals surface area contributed by atoms with E-state index in [-0.39, 0.29) is 0 Å². The van der Waals surface area contributed by atoms with Crippen molar-refractivity contribution in [2.75, 3.05) is 0 Å². The van der Waals surface area contributed by atoms with Gasteiger partial charge in [0.15, 0.2) is 0 Å². The van der Waals surface area contributed by atoms with Crippen molar-refractivity contribution in [2.45, 2.75) is 6.54 Å². The van der Waals surface area contributed by atoms with E-state index < -0.39 is 0 Å². The third-order valence-electron chi connectivity index (χ3n) is 2.94. The van der Waals surface area contributed by atoms with Crippen LogP contribution < -0.4 is 0 Å². The van der Waals surface area contributed by atoms with Crippen LogP contribution in [0, 0.1) is 3.70 Å². The molecule has 1 heterocycles. The quantitative estimate of drug-likeness (QED) is 0.617. The van der Waals surface area contributed by atoms with Crippen molar-refractivity contribution in [3.8, 4) is 0 Å². The Kier molecular flexibility index (Phi) is 2.89. The van der Waals surface area contributed by atoms with Crippen LogP contribution in [0.25, 0.3) is 10.9 Å². The molecule has 3 rings (SSSR count). The van der Waals surface area contributed by atoms with E-state index >= 15 is 0 Å². The molecule has 1 nitrogen and oxygen atoms in total. The van der Waals surface area contributed by atoms with Crippen molar-refractivity contribution in [1.29, 1.82) is 0 Å². The van der Waals surface area contributed by atoms with Gasteiger partial charge in [-0.3, -0.25) is 0 Å². The zero-order valence-corrected chi connectivity index (χ0v) is 11.5. The van der Waals surface area contributed by atoms with Crippen LogP contribution in [0.5, 0.6) is 0 Å². The van der Waals surface area contributed by atoms with Gasteiger partial charge in [-0.15, -0.1) is 0 Å². The fourth-order valence-corrected chi connectivity index (χ4v) is 2.87. The van der Waals surface area contributed by atoms with Crippen molar-refractivity contribution in [3.63, 3.8) is 0 Å². The Balaban J connectivity index is 2.08. The molecule has 0 fully saturated rings. The first-order valence-corrected chi connectivity index (χ1v) is 6.70. The zero-order chi connectivity index (χ0) is 11.7. The summed E-state index contributed by atoms with van der Waals surface area (Å²) < 4.78 is 3.64. The minimum absolute atomic E-state index is 0.937. The molecule has 0 radical (unpaired) electrons. The van der Waals surface area contributed by atoms with Gasteiger partial charge < -0.3 is 4.57 Å². The lowest BCUT2D eigenvalue weighted by molar-refractivity contribution is 0.815. The van der Waals surface area contributed by atoms with E-state index in [1.54, 1.807) is 0 Å². The zero-order valence-electron chi connectivity index (χ0n) is 9.31. The van der Waals surface area contributed by atoms with Gasteiger partial charge in [0.1, 0.15) is 0 Å². The highest BCUT2D eigenvalue weighted by Crippen LogP contribution is 2.22. The summed E-state index contributed by atoms with van der Waals surface area (Å²) in [5, 5.41) is 1.31. The molecule has 0 saturated heterocycles. The maximum Gasteiger partial charge on any atom is 0.0812 e. The van der Waals surface area contributed by atoms with Crippen molar-refractivity contribution in [3.05, 3.63) is 69.9 Å². The summed E-state index contributed by atoms with van der Waals surface area (Å²) in [6.45, 7) is 0.937. The van der Waals surface area contributed by atoms with Crippen molar-refractivity contribution in [1.82, 2.24) is 4.57 Å². The smallest absolute Gasteiger partial charge is 0.0812 e. The number of hydrogen-bond acceptors (Lipinski definition) is 0. The summed E-state index contributed by atoms with van der Waals surface area (Å²) in [7, 11) is 0. The number of para-hydroxylation sites is 1. The standard InChI is InChI=1S/C15H12IN/c16-15-10-13-8-4-5-9-14(13)17(15)11-12-6-2-1-3-7-12/h1-10H,11H2. The Hall–Kier alpha value is -1.29. The van der Waals surface area contributed by atoms with Gasteiger partial charge in [-0.1, -0.05) is 48.5 Å². The molecule has 1 aromatic heterocycles. The molecule has 0 unspecified atom stereocenters. The summed E-state index contributed by atoms with van der Waals surface area (Å²) in [6, 6.07) is 21.4. The number of hydrogen-bond donors (Lipinski definition) is 0. The van der Waals surface area contributed by atoms with Crippen LogP contribution in [0.3, 0.4) is 0 Å². The van der Waals surface area contributed by atoms with Crippen LogP contribution in [0.4, 0.5) is 0 Å². The van der Waals surface area contributed by atoms with E-state index in [4.69, 9.17) is 0 Å². The van der Waals surface area contributed by atoms with Gasteiger partial charge in [0.25, 0.3) is 0 Å². The number of rotatable bonds is 2. The van der Waals surface area contributed by atoms with Crippen LogP contribution in [-0.2, 0) is 6.54 Å². The van der Waals surface area contributed by atoms with E-state index in [1.165, 1.54) is 20.2 Å². The van der Waals surface area contributed by atoms with Gasteiger partial charge >= 0.3 is 0 Å². The largest absolute Gasteiger partial charge is 0.331 e. The SMILES string of the molecule is Ic1cc2ccccc2n1Cc1ccccc1. The molecule has 0 atom stereocenters. The first-order valence-electron chi connectivity index (χ1n) is 5.62. The Bertz CT molecular complexity index is 640. The van der Waals surface area contributed by atoms with Crippen LogP contribution in [0.2, 0.25) is 0 Å². The molecular formula is C15H12IN. The average Bonchev–Trinajstić information content (AvgIpc) is 2.68. The highest BCUT2D eigenvalue weighted by molar-refractivity contribution is 14.1. The van der Waals surface area contributed by atoms with Gasteiger partial charge in [-0.25, -0.2) is 0 Å². The second-order valence-corrected chi connectivity index (χ2v) is 5.20. The van der Waals surface area contributed by atoms with E-state index in [2.05, 4.69) is 87.8 Å². The van der Waals surface area contributed by atoms with Gasteiger partial charge in [0.05, 0.1) is 3.70 Å². The fourth-order valence-electron chi connectivity index (χ4n) is 2.10. The highest BCUT2D eigenvalue weighted by atomic mass is 127. The highest BCUT2D eigenvalue weighted by Gasteiger charge is 2.05. The molecule has 0 bridgehead atoms. The maximum atomic E-state index is 2.40. The summed E-state index contributed by atoms with van der Waals surface area (Å²) in [4.78, 5) is 0. The molecule has 84 valence electrons. The summed E-state index contributed by atoms with van der Waals surface area (Å²) in [5.41, 5.74) is 2.65. The Morgan fingerprint density at radius 1 is 0.882 bits per heavy atom. The molecule has 17 heavy (non-hydrogen) atoms. The fraction of sp³-hybridized carbons (Fsp3) is 0.0667. The second kappa shape index (κ2) is 4.53. The summed E-state index contributed by atoms with van der Waals surface area (Å²) in [6.07, 6.45) is 0. The van der Waals surface area contributed by atoms with Crippen LogP contribution in [0.1, 0.15) is 5.56 Å². The average molecular weight is 333 g/mol. The first kappa shape index (κ1) is 10.8. The molecular weight excluding hydrogens is 321 g/mol. The van der Waals surface area contributed by atoms with Crippen molar-refractivity contribution < 1.29 is 0 Å². The van der Waals surface area contributed by atoms with Gasteiger partial charge in [0.2, 0.25) is 0 Å². The molecule has 2 heteroatoms. The van der Waals surface area contributed by atoms with Crippen LogP contribution in [0.15, 0.2) is 60.7 Å². The lowest BCUT2D eigenvalue weighted by Crippen LogP contribution is -2.00. The maximum absolute atomic E-state index is 2.40. The lowest BCUT2D eigenvalue weighted by atomic mass is 10.2. The van der Waals surface area contributed by atoms with E-state index in [9.17, 15) is 0 Å². The van der Waals surface area contributed by atoms with Crippen molar-refractivity contribution >= 4 is 33.5 Å². The van der Waals surface area contributed by atoms with Gasteiger partial charge in [0, 0.05) is 17.4 Å². The predicted molar refractivity (Wildman–Crippen MR) is 80.2 cm³/mol. The monoisotopic (exact) mass is 333 g/mol. The number of benzene rings is 2. The third kappa shape index (κ3) is 2.09. The number of fused-ring (bicyclic) bond motifs is 1. The Morgan fingerprint density at radius 2 is 1.59 bits per heavy atom. The van der Waals surface area contributed by atoms with Gasteiger partial charge in [-0.05, 0) is 40.3 Å².